The van der Waals surface area contributed by atoms with Crippen LogP contribution in [0.25, 0.3) is 0 Å². The van der Waals surface area contributed by atoms with E-state index in [0.717, 1.165) is 17.3 Å². The largest absolute Gasteiger partial charge is 0.352 e. The fourth-order valence-electron chi connectivity index (χ4n) is 1.94. The highest BCUT2D eigenvalue weighted by molar-refractivity contribution is 9.10. The highest BCUT2D eigenvalue weighted by atomic mass is 79.9. The van der Waals surface area contributed by atoms with Gasteiger partial charge in [-0.1, -0.05) is 0 Å². The van der Waals surface area contributed by atoms with Crippen molar-refractivity contribution < 1.29 is 4.79 Å². The van der Waals surface area contributed by atoms with E-state index in [1.54, 1.807) is 15.6 Å². The van der Waals surface area contributed by atoms with Gasteiger partial charge in [-0.25, -0.2) is 4.68 Å². The standard InChI is InChI=1S/C10H12BrN7O/c11-8-5-14-18(6-8)10(1-2-10)9(19)12-3-4-17-7-13-15-16-17/h5-7H,1-4H2,(H,12,19). The van der Waals surface area contributed by atoms with Gasteiger partial charge >= 0.3 is 0 Å². The number of carbonyl (C=O) groups excluding carboxylic acids is 1. The monoisotopic (exact) mass is 325 g/mol. The van der Waals surface area contributed by atoms with Crippen LogP contribution in [0.3, 0.4) is 0 Å². The van der Waals surface area contributed by atoms with Gasteiger partial charge in [0.25, 0.3) is 0 Å². The third-order valence-electron chi connectivity index (χ3n) is 3.15. The molecule has 1 aliphatic rings. The molecule has 0 spiro atoms. The van der Waals surface area contributed by atoms with Gasteiger partial charge in [-0.05, 0) is 39.2 Å². The minimum Gasteiger partial charge on any atom is -0.352 e. The molecule has 0 bridgehead atoms. The van der Waals surface area contributed by atoms with E-state index in [2.05, 4.69) is 41.9 Å². The fourth-order valence-corrected chi connectivity index (χ4v) is 2.23. The Hall–Kier alpha value is -1.77. The second kappa shape index (κ2) is 4.72. The van der Waals surface area contributed by atoms with Gasteiger partial charge in [0.05, 0.1) is 17.2 Å². The molecule has 8 nitrogen and oxygen atoms in total. The molecule has 2 heterocycles. The minimum atomic E-state index is -0.507. The molecular formula is C10H12BrN7O. The molecule has 0 radical (unpaired) electrons. The molecule has 3 rings (SSSR count). The molecule has 2 aromatic rings. The van der Waals surface area contributed by atoms with Gasteiger partial charge in [0.1, 0.15) is 11.9 Å². The Morgan fingerprint density at radius 2 is 2.37 bits per heavy atom. The van der Waals surface area contributed by atoms with Crippen molar-refractivity contribution in [1.82, 2.24) is 35.3 Å². The average molecular weight is 326 g/mol. The van der Waals surface area contributed by atoms with Crippen LogP contribution in [0.2, 0.25) is 0 Å². The van der Waals surface area contributed by atoms with E-state index in [4.69, 9.17) is 0 Å². The van der Waals surface area contributed by atoms with Crippen molar-refractivity contribution in [2.75, 3.05) is 6.54 Å². The Bertz CT molecular complexity index is 574. The van der Waals surface area contributed by atoms with E-state index in [-0.39, 0.29) is 5.91 Å². The summed E-state index contributed by atoms with van der Waals surface area (Å²) >= 11 is 3.34. The smallest absolute Gasteiger partial charge is 0.248 e. The Morgan fingerprint density at radius 3 is 2.95 bits per heavy atom. The molecule has 0 aliphatic heterocycles. The second-order valence-corrected chi connectivity index (χ2v) is 5.38. The molecule has 9 heteroatoms. The first-order chi connectivity index (χ1) is 9.21. The summed E-state index contributed by atoms with van der Waals surface area (Å²) in [4.78, 5) is 12.2. The van der Waals surface area contributed by atoms with Gasteiger partial charge < -0.3 is 5.32 Å². The zero-order valence-electron chi connectivity index (χ0n) is 10.0. The van der Waals surface area contributed by atoms with Gasteiger partial charge in [-0.2, -0.15) is 5.10 Å². The Labute approximate surface area is 117 Å². The highest BCUT2D eigenvalue weighted by Gasteiger charge is 2.52. The van der Waals surface area contributed by atoms with Crippen LogP contribution in [0.4, 0.5) is 0 Å². The molecule has 19 heavy (non-hydrogen) atoms. The third-order valence-corrected chi connectivity index (χ3v) is 3.56. The summed E-state index contributed by atoms with van der Waals surface area (Å²) in [5.41, 5.74) is -0.507. The van der Waals surface area contributed by atoms with Crippen LogP contribution in [0.5, 0.6) is 0 Å². The number of tetrazole rings is 1. The van der Waals surface area contributed by atoms with Crippen LogP contribution >= 0.6 is 15.9 Å². The van der Waals surface area contributed by atoms with E-state index < -0.39 is 5.54 Å². The van der Waals surface area contributed by atoms with Crippen LogP contribution in [0, 0.1) is 0 Å². The van der Waals surface area contributed by atoms with Crippen molar-refractivity contribution in [3.05, 3.63) is 23.2 Å². The number of nitrogens with zero attached hydrogens (tertiary/aromatic N) is 6. The quantitative estimate of drug-likeness (QED) is 0.831. The van der Waals surface area contributed by atoms with E-state index in [9.17, 15) is 4.79 Å². The molecule has 0 saturated heterocycles. The summed E-state index contributed by atoms with van der Waals surface area (Å²) in [5.74, 6) is -0.00354. The van der Waals surface area contributed by atoms with Gasteiger partial charge in [-0.15, -0.1) is 5.10 Å². The molecule has 2 aromatic heterocycles. The Morgan fingerprint density at radius 1 is 1.53 bits per heavy atom. The van der Waals surface area contributed by atoms with E-state index in [1.165, 1.54) is 6.33 Å². The maximum Gasteiger partial charge on any atom is 0.248 e. The summed E-state index contributed by atoms with van der Waals surface area (Å²) < 4.78 is 4.17. The first-order valence-electron chi connectivity index (χ1n) is 5.90. The van der Waals surface area contributed by atoms with Crippen LogP contribution in [-0.2, 0) is 16.9 Å². The maximum atomic E-state index is 12.2. The molecule has 1 N–H and O–H groups in total. The van der Waals surface area contributed by atoms with Crippen molar-refractivity contribution in [2.45, 2.75) is 24.9 Å². The lowest BCUT2D eigenvalue weighted by atomic mass is 10.2. The van der Waals surface area contributed by atoms with E-state index >= 15 is 0 Å². The summed E-state index contributed by atoms with van der Waals surface area (Å²) in [7, 11) is 0. The van der Waals surface area contributed by atoms with Crippen LogP contribution in [0.1, 0.15) is 12.8 Å². The van der Waals surface area contributed by atoms with Crippen molar-refractivity contribution >= 4 is 21.8 Å². The maximum absolute atomic E-state index is 12.2. The molecule has 1 fully saturated rings. The number of carbonyl (C=O) groups is 1. The predicted octanol–water partition coefficient (Wildman–Crippen LogP) is -0.0624. The van der Waals surface area contributed by atoms with Crippen LogP contribution < -0.4 is 5.32 Å². The number of amides is 1. The lowest BCUT2D eigenvalue weighted by Gasteiger charge is -2.15. The van der Waals surface area contributed by atoms with Crippen LogP contribution in [0.15, 0.2) is 23.2 Å². The van der Waals surface area contributed by atoms with Gasteiger partial charge in [0.15, 0.2) is 0 Å². The summed E-state index contributed by atoms with van der Waals surface area (Å²) in [6.45, 7) is 1.05. The number of rotatable bonds is 5. The SMILES string of the molecule is O=C(NCCn1cnnn1)C1(n2cc(Br)cn2)CC1. The van der Waals surface area contributed by atoms with Crippen molar-refractivity contribution in [3.8, 4) is 0 Å². The summed E-state index contributed by atoms with van der Waals surface area (Å²) in [6, 6.07) is 0. The minimum absolute atomic E-state index is 0.00354. The highest BCUT2D eigenvalue weighted by Crippen LogP contribution is 2.43. The molecule has 100 valence electrons. The van der Waals surface area contributed by atoms with Crippen molar-refractivity contribution in [2.24, 2.45) is 0 Å². The normalized spacial score (nSPS) is 16.3. The number of aromatic nitrogens is 6. The van der Waals surface area contributed by atoms with Crippen molar-refractivity contribution in [3.63, 3.8) is 0 Å². The zero-order valence-corrected chi connectivity index (χ0v) is 11.6. The summed E-state index contributed by atoms with van der Waals surface area (Å²) in [5, 5.41) is 17.9. The molecule has 0 atom stereocenters. The molecule has 1 amide bonds. The number of hydrogen-bond acceptors (Lipinski definition) is 5. The van der Waals surface area contributed by atoms with Gasteiger partial charge in [0, 0.05) is 12.7 Å². The Kier molecular flexibility index (Phi) is 3.05. The average Bonchev–Trinajstić information content (AvgIpc) is 2.83. The zero-order chi connectivity index (χ0) is 13.3. The lowest BCUT2D eigenvalue weighted by Crippen LogP contribution is -2.40. The molecule has 0 aromatic carbocycles. The van der Waals surface area contributed by atoms with Gasteiger partial charge in [-0.3, -0.25) is 9.48 Å². The number of halogens is 1. The van der Waals surface area contributed by atoms with Crippen LogP contribution in [-0.4, -0.2) is 42.4 Å². The number of hydrogen-bond donors (Lipinski definition) is 1. The second-order valence-electron chi connectivity index (χ2n) is 4.46. The molecule has 0 unspecified atom stereocenters. The lowest BCUT2D eigenvalue weighted by molar-refractivity contribution is -0.126. The predicted molar refractivity (Wildman–Crippen MR) is 68.0 cm³/mol. The third kappa shape index (κ3) is 2.37. The van der Waals surface area contributed by atoms with E-state index in [0.29, 0.717) is 13.1 Å². The topological polar surface area (TPSA) is 90.5 Å². The molecular weight excluding hydrogens is 314 g/mol. The first kappa shape index (κ1) is 12.3. The van der Waals surface area contributed by atoms with Crippen molar-refractivity contribution in [1.29, 1.82) is 0 Å². The number of nitrogens with one attached hydrogen (secondary N) is 1. The summed E-state index contributed by atoms with van der Waals surface area (Å²) in [6.07, 6.45) is 6.67. The molecule has 1 aliphatic carbocycles. The van der Waals surface area contributed by atoms with Gasteiger partial charge in [0.2, 0.25) is 5.91 Å². The Balaban J connectivity index is 1.58. The fraction of sp³-hybridized carbons (Fsp3) is 0.500. The first-order valence-corrected chi connectivity index (χ1v) is 6.70. The molecule has 1 saturated carbocycles. The van der Waals surface area contributed by atoms with E-state index in [1.807, 2.05) is 6.20 Å².